The second-order valence-corrected chi connectivity index (χ2v) is 11.5. The van der Waals surface area contributed by atoms with Gasteiger partial charge in [-0.3, -0.25) is 14.9 Å². The molecule has 5 rings (SSSR count). The molecule has 38 heavy (non-hydrogen) atoms. The van der Waals surface area contributed by atoms with Crippen molar-refractivity contribution in [2.24, 2.45) is 0 Å². The van der Waals surface area contributed by atoms with Crippen molar-refractivity contribution in [1.29, 1.82) is 0 Å². The summed E-state index contributed by atoms with van der Waals surface area (Å²) in [6.07, 6.45) is 0. The van der Waals surface area contributed by atoms with Gasteiger partial charge in [-0.25, -0.2) is 8.42 Å². The number of aromatic nitrogens is 2. The van der Waals surface area contributed by atoms with Crippen molar-refractivity contribution in [2.75, 3.05) is 31.1 Å². The molecule has 0 N–H and O–H groups in total. The molecule has 0 spiro atoms. The minimum Gasteiger partial charge on any atom is -0.369 e. The molecule has 3 aromatic carbocycles. The Morgan fingerprint density at radius 3 is 2.26 bits per heavy atom. The zero-order valence-corrected chi connectivity index (χ0v) is 22.4. The standard InChI is InChI=1S/C25H21Cl2N5O5S/c1-16-19-4-2-3-5-20(19)25(33)31(28-16)24-14-17(6-9-23(24)32(34)35)29-10-12-30(13-11-29)38(36,37)18-7-8-21(26)22(27)15-18/h2-9,14-15H,10-13H2,1H3. The Morgan fingerprint density at radius 1 is 0.921 bits per heavy atom. The molecule has 0 amide bonds. The van der Waals surface area contributed by atoms with E-state index in [2.05, 4.69) is 5.10 Å². The van der Waals surface area contributed by atoms with Crippen LogP contribution in [0.1, 0.15) is 5.69 Å². The third-order valence-corrected chi connectivity index (χ3v) is 9.14. The second kappa shape index (κ2) is 9.99. The molecule has 1 fully saturated rings. The molecule has 13 heteroatoms. The number of hydrogen-bond acceptors (Lipinski definition) is 7. The van der Waals surface area contributed by atoms with Crippen molar-refractivity contribution >= 4 is 55.4 Å². The van der Waals surface area contributed by atoms with E-state index < -0.39 is 20.5 Å². The van der Waals surface area contributed by atoms with Crippen molar-refractivity contribution in [1.82, 2.24) is 14.1 Å². The summed E-state index contributed by atoms with van der Waals surface area (Å²) in [4.78, 5) is 26.5. The monoisotopic (exact) mass is 573 g/mol. The van der Waals surface area contributed by atoms with E-state index in [4.69, 9.17) is 23.2 Å². The average Bonchev–Trinajstić information content (AvgIpc) is 2.92. The van der Waals surface area contributed by atoms with Gasteiger partial charge in [0.15, 0.2) is 0 Å². The third kappa shape index (κ3) is 4.62. The van der Waals surface area contributed by atoms with Gasteiger partial charge in [0.2, 0.25) is 10.0 Å². The van der Waals surface area contributed by atoms with E-state index in [1.54, 1.807) is 43.3 Å². The number of fused-ring (bicyclic) bond motifs is 1. The number of sulfonamides is 1. The Balaban J connectivity index is 1.46. The lowest BCUT2D eigenvalue weighted by molar-refractivity contribution is -0.384. The van der Waals surface area contributed by atoms with Crippen LogP contribution in [-0.4, -0.2) is 53.6 Å². The number of nitro groups is 1. The Bertz CT molecular complexity index is 1750. The fourth-order valence-electron chi connectivity index (χ4n) is 4.52. The molecule has 0 saturated carbocycles. The molecule has 0 bridgehead atoms. The van der Waals surface area contributed by atoms with Crippen LogP contribution in [0.15, 0.2) is 70.4 Å². The quantitative estimate of drug-likeness (QED) is 0.256. The summed E-state index contributed by atoms with van der Waals surface area (Å²) in [7, 11) is -3.79. The van der Waals surface area contributed by atoms with E-state index in [0.29, 0.717) is 35.2 Å². The fourth-order valence-corrected chi connectivity index (χ4v) is 6.33. The van der Waals surface area contributed by atoms with Gasteiger partial charge in [-0.1, -0.05) is 41.4 Å². The molecule has 1 aliphatic rings. The number of aryl methyl sites for hydroxylation is 1. The molecule has 4 aromatic rings. The highest BCUT2D eigenvalue weighted by atomic mass is 35.5. The highest BCUT2D eigenvalue weighted by Gasteiger charge is 2.30. The van der Waals surface area contributed by atoms with Crippen LogP contribution in [0.5, 0.6) is 0 Å². The van der Waals surface area contributed by atoms with Gasteiger partial charge >= 0.3 is 0 Å². The minimum atomic E-state index is -3.79. The molecule has 0 atom stereocenters. The summed E-state index contributed by atoms with van der Waals surface area (Å²) in [5.74, 6) is 0. The van der Waals surface area contributed by atoms with Gasteiger partial charge in [-0.05, 0) is 43.3 Å². The summed E-state index contributed by atoms with van der Waals surface area (Å²) < 4.78 is 28.6. The third-order valence-electron chi connectivity index (χ3n) is 6.51. The molecule has 2 heterocycles. The van der Waals surface area contributed by atoms with Crippen molar-refractivity contribution < 1.29 is 13.3 Å². The van der Waals surface area contributed by atoms with Crippen molar-refractivity contribution in [3.8, 4) is 5.69 Å². The van der Waals surface area contributed by atoms with Crippen LogP contribution in [0.3, 0.4) is 0 Å². The van der Waals surface area contributed by atoms with E-state index in [1.807, 2.05) is 4.90 Å². The van der Waals surface area contributed by atoms with E-state index >= 15 is 0 Å². The number of nitro benzene ring substituents is 1. The summed E-state index contributed by atoms with van der Waals surface area (Å²) >= 11 is 11.9. The van der Waals surface area contributed by atoms with Gasteiger partial charge < -0.3 is 4.90 Å². The number of hydrogen-bond donors (Lipinski definition) is 0. The normalized spacial score (nSPS) is 14.7. The lowest BCUT2D eigenvalue weighted by Crippen LogP contribution is -2.48. The summed E-state index contributed by atoms with van der Waals surface area (Å²) in [6.45, 7) is 2.76. The van der Waals surface area contributed by atoms with Crippen LogP contribution in [0.4, 0.5) is 11.4 Å². The van der Waals surface area contributed by atoms with Crippen LogP contribution >= 0.6 is 23.2 Å². The van der Waals surface area contributed by atoms with Gasteiger partial charge in [-0.2, -0.15) is 14.1 Å². The first-order valence-corrected chi connectivity index (χ1v) is 13.7. The predicted molar refractivity (Wildman–Crippen MR) is 146 cm³/mol. The van der Waals surface area contributed by atoms with Crippen molar-refractivity contribution in [3.63, 3.8) is 0 Å². The smallest absolute Gasteiger partial charge is 0.295 e. The zero-order chi connectivity index (χ0) is 27.2. The van der Waals surface area contributed by atoms with Crippen LogP contribution in [0.25, 0.3) is 16.5 Å². The van der Waals surface area contributed by atoms with Crippen LogP contribution in [0, 0.1) is 17.0 Å². The number of anilines is 1. The largest absolute Gasteiger partial charge is 0.369 e. The maximum atomic E-state index is 13.2. The van der Waals surface area contributed by atoms with Gasteiger partial charge in [0.25, 0.3) is 11.2 Å². The fraction of sp³-hybridized carbons (Fsp3) is 0.200. The van der Waals surface area contributed by atoms with E-state index in [-0.39, 0.29) is 39.4 Å². The number of benzene rings is 3. The van der Waals surface area contributed by atoms with Crippen molar-refractivity contribution in [3.05, 3.63) is 96.9 Å². The molecule has 1 aromatic heterocycles. The average molecular weight is 574 g/mol. The van der Waals surface area contributed by atoms with Crippen LogP contribution in [0.2, 0.25) is 10.0 Å². The van der Waals surface area contributed by atoms with E-state index in [0.717, 1.165) is 4.68 Å². The number of piperazine rings is 1. The lowest BCUT2D eigenvalue weighted by atomic mass is 10.1. The number of nitrogens with zero attached hydrogens (tertiary/aromatic N) is 5. The van der Waals surface area contributed by atoms with Crippen LogP contribution in [-0.2, 0) is 10.0 Å². The van der Waals surface area contributed by atoms with Gasteiger partial charge in [0.1, 0.15) is 5.69 Å². The maximum absolute atomic E-state index is 13.2. The molecule has 1 saturated heterocycles. The highest BCUT2D eigenvalue weighted by molar-refractivity contribution is 7.89. The Labute approximate surface area is 227 Å². The Morgan fingerprint density at radius 2 is 1.61 bits per heavy atom. The minimum absolute atomic E-state index is 0.0391. The van der Waals surface area contributed by atoms with Gasteiger partial charge in [-0.15, -0.1) is 0 Å². The molecular weight excluding hydrogens is 553 g/mol. The number of halogens is 2. The Hall–Kier alpha value is -3.51. The summed E-state index contributed by atoms with van der Waals surface area (Å²) in [5.41, 5.74) is 0.470. The molecule has 196 valence electrons. The molecular formula is C25H21Cl2N5O5S. The topological polar surface area (TPSA) is 119 Å². The first kappa shape index (κ1) is 26.1. The SMILES string of the molecule is Cc1nn(-c2cc(N3CCN(S(=O)(=O)c4ccc(Cl)c(Cl)c4)CC3)ccc2[N+](=O)[O-])c(=O)c2ccccc12. The number of rotatable bonds is 5. The zero-order valence-electron chi connectivity index (χ0n) is 20.0. The van der Waals surface area contributed by atoms with E-state index in [9.17, 15) is 23.3 Å². The summed E-state index contributed by atoms with van der Waals surface area (Å²) in [5, 5.41) is 17.7. The molecule has 1 aliphatic heterocycles. The first-order valence-electron chi connectivity index (χ1n) is 11.6. The predicted octanol–water partition coefficient (Wildman–Crippen LogP) is 4.42. The summed E-state index contributed by atoms with van der Waals surface area (Å²) in [6, 6.07) is 15.6. The maximum Gasteiger partial charge on any atom is 0.295 e. The first-order chi connectivity index (χ1) is 18.1. The molecule has 0 unspecified atom stereocenters. The van der Waals surface area contributed by atoms with Crippen LogP contribution < -0.4 is 10.5 Å². The lowest BCUT2D eigenvalue weighted by Gasteiger charge is -2.35. The van der Waals surface area contributed by atoms with Crippen molar-refractivity contribution in [2.45, 2.75) is 11.8 Å². The van der Waals surface area contributed by atoms with Gasteiger partial charge in [0, 0.05) is 43.3 Å². The highest BCUT2D eigenvalue weighted by Crippen LogP contribution is 2.30. The van der Waals surface area contributed by atoms with Gasteiger partial charge in [0.05, 0.1) is 30.9 Å². The Kier molecular flexibility index (Phi) is 6.86. The molecule has 10 nitrogen and oxygen atoms in total. The van der Waals surface area contributed by atoms with E-state index in [1.165, 1.54) is 28.6 Å². The molecule has 0 aliphatic carbocycles. The second-order valence-electron chi connectivity index (χ2n) is 8.75. The molecule has 0 radical (unpaired) electrons.